The molecule has 1 atom stereocenters. The van der Waals surface area contributed by atoms with E-state index in [2.05, 4.69) is 15.3 Å². The Labute approximate surface area is 95.5 Å². The molecule has 0 bridgehead atoms. The largest absolute Gasteiger partial charge is 0.322 e. The smallest absolute Gasteiger partial charge is 0.241 e. The molecule has 3 N–H and O–H groups in total. The number of nitrogens with two attached hydrogens (primary N) is 1. The van der Waals surface area contributed by atoms with Gasteiger partial charge in [0.2, 0.25) is 5.91 Å². The number of aromatic nitrogens is 2. The molecule has 5 heteroatoms. The third kappa shape index (κ3) is 3.27. The molecule has 16 heavy (non-hydrogen) atoms. The van der Waals surface area contributed by atoms with Crippen molar-refractivity contribution < 1.29 is 4.79 Å². The molecule has 1 heterocycles. The van der Waals surface area contributed by atoms with Gasteiger partial charge in [0.1, 0.15) is 5.82 Å². The SMILES string of the molecule is CC(N)C(=O)Nc1cnc(C(C)(C)C)nc1. The summed E-state index contributed by atoms with van der Waals surface area (Å²) in [6.45, 7) is 7.72. The van der Waals surface area contributed by atoms with Crippen molar-refractivity contribution in [1.29, 1.82) is 0 Å². The summed E-state index contributed by atoms with van der Waals surface area (Å²) in [5, 5.41) is 2.63. The van der Waals surface area contributed by atoms with E-state index < -0.39 is 6.04 Å². The summed E-state index contributed by atoms with van der Waals surface area (Å²) < 4.78 is 0. The zero-order valence-corrected chi connectivity index (χ0v) is 10.1. The highest BCUT2D eigenvalue weighted by molar-refractivity contribution is 5.94. The van der Waals surface area contributed by atoms with Crippen LogP contribution in [0.2, 0.25) is 0 Å². The second-order valence-corrected chi connectivity index (χ2v) is 4.82. The number of anilines is 1. The van der Waals surface area contributed by atoms with E-state index in [1.54, 1.807) is 19.3 Å². The summed E-state index contributed by atoms with van der Waals surface area (Å²) in [6.07, 6.45) is 3.18. The number of amides is 1. The zero-order valence-electron chi connectivity index (χ0n) is 10.1. The molecular formula is C11H18N4O. The van der Waals surface area contributed by atoms with Crippen LogP contribution < -0.4 is 11.1 Å². The first-order valence-corrected chi connectivity index (χ1v) is 5.19. The van der Waals surface area contributed by atoms with Gasteiger partial charge in [0, 0.05) is 5.41 Å². The van der Waals surface area contributed by atoms with Crippen LogP contribution in [0.3, 0.4) is 0 Å². The predicted octanol–water partition coefficient (Wildman–Crippen LogP) is 1.06. The van der Waals surface area contributed by atoms with Crippen molar-refractivity contribution in [3.05, 3.63) is 18.2 Å². The molecule has 0 spiro atoms. The Bertz CT molecular complexity index is 365. The fourth-order valence-corrected chi connectivity index (χ4v) is 1.04. The minimum Gasteiger partial charge on any atom is -0.322 e. The van der Waals surface area contributed by atoms with Crippen molar-refractivity contribution in [2.75, 3.05) is 5.32 Å². The van der Waals surface area contributed by atoms with Crippen LogP contribution in [0, 0.1) is 0 Å². The zero-order chi connectivity index (χ0) is 12.3. The second kappa shape index (κ2) is 4.57. The predicted molar refractivity (Wildman–Crippen MR) is 63.0 cm³/mol. The van der Waals surface area contributed by atoms with E-state index in [9.17, 15) is 4.79 Å². The molecule has 1 rings (SSSR count). The number of nitrogens with zero attached hydrogens (tertiary/aromatic N) is 2. The molecular weight excluding hydrogens is 204 g/mol. The third-order valence-electron chi connectivity index (χ3n) is 2.00. The Kier molecular flexibility index (Phi) is 3.59. The molecule has 1 aromatic heterocycles. The Balaban J connectivity index is 2.76. The van der Waals surface area contributed by atoms with Crippen molar-refractivity contribution in [2.24, 2.45) is 5.73 Å². The molecule has 0 aliphatic heterocycles. The quantitative estimate of drug-likeness (QED) is 0.784. The van der Waals surface area contributed by atoms with Crippen molar-refractivity contribution in [1.82, 2.24) is 9.97 Å². The first kappa shape index (κ1) is 12.6. The molecule has 88 valence electrons. The van der Waals surface area contributed by atoms with Gasteiger partial charge in [-0.05, 0) is 6.92 Å². The summed E-state index contributed by atoms with van der Waals surface area (Å²) >= 11 is 0. The van der Waals surface area contributed by atoms with Gasteiger partial charge in [0.15, 0.2) is 0 Å². The Hall–Kier alpha value is -1.49. The number of rotatable bonds is 2. The topological polar surface area (TPSA) is 80.9 Å². The Morgan fingerprint density at radius 3 is 2.25 bits per heavy atom. The highest BCUT2D eigenvalue weighted by atomic mass is 16.2. The molecule has 0 saturated carbocycles. The van der Waals surface area contributed by atoms with E-state index in [0.29, 0.717) is 5.69 Å². The monoisotopic (exact) mass is 222 g/mol. The molecule has 0 fully saturated rings. The van der Waals surface area contributed by atoms with Crippen LogP contribution >= 0.6 is 0 Å². The molecule has 0 aliphatic rings. The fraction of sp³-hybridized carbons (Fsp3) is 0.545. The lowest BCUT2D eigenvalue weighted by Gasteiger charge is -2.16. The molecule has 5 nitrogen and oxygen atoms in total. The number of carbonyl (C=O) groups is 1. The molecule has 0 saturated heterocycles. The van der Waals surface area contributed by atoms with Crippen molar-refractivity contribution in [3.8, 4) is 0 Å². The second-order valence-electron chi connectivity index (χ2n) is 4.82. The van der Waals surface area contributed by atoms with Crippen LogP contribution in [0.1, 0.15) is 33.5 Å². The Morgan fingerprint density at radius 2 is 1.88 bits per heavy atom. The minimum atomic E-state index is -0.540. The highest BCUT2D eigenvalue weighted by Crippen LogP contribution is 2.18. The van der Waals surface area contributed by atoms with Gasteiger partial charge >= 0.3 is 0 Å². The van der Waals surface area contributed by atoms with E-state index in [4.69, 9.17) is 5.73 Å². The maximum absolute atomic E-state index is 11.3. The average molecular weight is 222 g/mol. The maximum Gasteiger partial charge on any atom is 0.241 e. The Morgan fingerprint density at radius 1 is 1.38 bits per heavy atom. The molecule has 0 aliphatic carbocycles. The summed E-state index contributed by atoms with van der Waals surface area (Å²) in [5.41, 5.74) is 5.90. The molecule has 1 amide bonds. The van der Waals surface area contributed by atoms with E-state index >= 15 is 0 Å². The van der Waals surface area contributed by atoms with Gasteiger partial charge in [-0.3, -0.25) is 4.79 Å². The lowest BCUT2D eigenvalue weighted by atomic mass is 9.96. The molecule has 1 aromatic rings. The lowest BCUT2D eigenvalue weighted by Crippen LogP contribution is -2.32. The highest BCUT2D eigenvalue weighted by Gasteiger charge is 2.17. The maximum atomic E-state index is 11.3. The van der Waals surface area contributed by atoms with Crippen LogP contribution in [0.15, 0.2) is 12.4 Å². The van der Waals surface area contributed by atoms with Crippen LogP contribution in [0.4, 0.5) is 5.69 Å². The standard InChI is InChI=1S/C11H18N4O/c1-7(12)9(16)15-8-5-13-10(14-6-8)11(2,3)4/h5-7H,12H2,1-4H3,(H,15,16). The van der Waals surface area contributed by atoms with E-state index in [-0.39, 0.29) is 11.3 Å². The summed E-state index contributed by atoms with van der Waals surface area (Å²) in [5.74, 6) is 0.499. The fourth-order valence-electron chi connectivity index (χ4n) is 1.04. The average Bonchev–Trinajstić information content (AvgIpc) is 2.17. The lowest BCUT2D eigenvalue weighted by molar-refractivity contribution is -0.117. The molecule has 0 aromatic carbocycles. The van der Waals surface area contributed by atoms with Crippen LogP contribution in [0.5, 0.6) is 0 Å². The minimum absolute atomic E-state index is 0.0936. The number of hydrogen-bond donors (Lipinski definition) is 2. The third-order valence-corrected chi connectivity index (χ3v) is 2.00. The summed E-state index contributed by atoms with van der Waals surface area (Å²) in [4.78, 5) is 19.7. The van der Waals surface area contributed by atoms with Gasteiger partial charge in [0.05, 0.1) is 24.1 Å². The van der Waals surface area contributed by atoms with Gasteiger partial charge in [-0.25, -0.2) is 9.97 Å². The van der Waals surface area contributed by atoms with E-state index in [1.165, 1.54) is 0 Å². The molecule has 1 unspecified atom stereocenters. The summed E-state index contributed by atoms with van der Waals surface area (Å²) in [6, 6.07) is -0.540. The first-order valence-electron chi connectivity index (χ1n) is 5.19. The van der Waals surface area contributed by atoms with Gasteiger partial charge in [0.25, 0.3) is 0 Å². The molecule has 0 radical (unpaired) electrons. The number of hydrogen-bond acceptors (Lipinski definition) is 4. The van der Waals surface area contributed by atoms with E-state index in [1.807, 2.05) is 20.8 Å². The van der Waals surface area contributed by atoms with Crippen LogP contribution in [-0.4, -0.2) is 21.9 Å². The van der Waals surface area contributed by atoms with E-state index in [0.717, 1.165) is 5.82 Å². The van der Waals surface area contributed by atoms with Gasteiger partial charge < -0.3 is 11.1 Å². The van der Waals surface area contributed by atoms with Crippen LogP contribution in [0.25, 0.3) is 0 Å². The van der Waals surface area contributed by atoms with Crippen LogP contribution in [-0.2, 0) is 10.2 Å². The van der Waals surface area contributed by atoms with Gasteiger partial charge in [-0.2, -0.15) is 0 Å². The van der Waals surface area contributed by atoms with Crippen molar-refractivity contribution in [2.45, 2.75) is 39.2 Å². The normalized spacial score (nSPS) is 13.3. The summed E-state index contributed by atoms with van der Waals surface area (Å²) in [7, 11) is 0. The van der Waals surface area contributed by atoms with Crippen molar-refractivity contribution in [3.63, 3.8) is 0 Å². The van der Waals surface area contributed by atoms with Gasteiger partial charge in [-0.15, -0.1) is 0 Å². The van der Waals surface area contributed by atoms with Gasteiger partial charge in [-0.1, -0.05) is 20.8 Å². The first-order chi connectivity index (χ1) is 7.30. The van der Waals surface area contributed by atoms with Crippen molar-refractivity contribution >= 4 is 11.6 Å². The number of nitrogens with one attached hydrogen (secondary N) is 1. The number of carbonyl (C=O) groups excluding carboxylic acids is 1.